The fraction of sp³-hybridized carbons (Fsp3) is 0.552. The van der Waals surface area contributed by atoms with E-state index in [1.54, 1.807) is 6.07 Å². The Morgan fingerprint density at radius 1 is 1.20 bits per heavy atom. The first-order valence-electron chi connectivity index (χ1n) is 13.1. The first kappa shape index (κ1) is 27.2. The number of aliphatic imine (C=N–C) groups is 1. The van der Waals surface area contributed by atoms with Gasteiger partial charge in [-0.25, -0.2) is 0 Å². The van der Waals surface area contributed by atoms with Gasteiger partial charge in [-0.3, -0.25) is 0 Å². The lowest BCUT2D eigenvalue weighted by Crippen LogP contribution is -2.17. The van der Waals surface area contributed by atoms with Crippen molar-refractivity contribution in [2.45, 2.75) is 77.7 Å². The molecule has 4 N–H and O–H groups in total. The number of aromatic hydroxyl groups is 1. The van der Waals surface area contributed by atoms with Crippen molar-refractivity contribution < 1.29 is 24.8 Å². The molecule has 0 fully saturated rings. The molecule has 35 heavy (non-hydrogen) atoms. The molecule has 1 aromatic carbocycles. The highest BCUT2D eigenvalue weighted by Gasteiger charge is 2.27. The van der Waals surface area contributed by atoms with E-state index in [9.17, 15) is 10.2 Å². The third kappa shape index (κ3) is 8.34. The van der Waals surface area contributed by atoms with E-state index in [1.165, 1.54) is 5.92 Å². The number of nitrogens with zero attached hydrogens (tertiary/aromatic N) is 1. The maximum Gasteiger partial charge on any atom is 0.178 e. The summed E-state index contributed by atoms with van der Waals surface area (Å²) in [5, 5.41) is 28.9. The monoisotopic (exact) mass is 484 g/mol. The summed E-state index contributed by atoms with van der Waals surface area (Å²) in [5.41, 5.74) is 3.10. The molecule has 0 amide bonds. The van der Waals surface area contributed by atoms with E-state index < -0.39 is 0 Å². The van der Waals surface area contributed by atoms with Crippen LogP contribution in [0.5, 0.6) is 11.5 Å². The van der Waals surface area contributed by atoms with E-state index in [2.05, 4.69) is 24.9 Å². The molecule has 1 aromatic rings. The lowest BCUT2D eigenvalue weighted by molar-refractivity contribution is -0.0550. The zero-order valence-electron chi connectivity index (χ0n) is 21.2. The average Bonchev–Trinajstić information content (AvgIpc) is 3.50. The third-order valence-corrected chi connectivity index (χ3v) is 6.75. The molecule has 0 aliphatic carbocycles. The molecule has 0 saturated carbocycles. The highest BCUT2D eigenvalue weighted by atomic mass is 16.5. The van der Waals surface area contributed by atoms with Gasteiger partial charge in [0, 0.05) is 25.6 Å². The number of unbranched alkanes of at least 4 members (excludes halogenated alkanes) is 2. The minimum absolute atomic E-state index is 0.0704. The van der Waals surface area contributed by atoms with Crippen molar-refractivity contribution in [3.63, 3.8) is 0 Å². The topological polar surface area (TPSA) is 95.1 Å². The van der Waals surface area contributed by atoms with Crippen LogP contribution in [0.4, 0.5) is 0 Å². The Bertz CT molecular complexity index is 878. The summed E-state index contributed by atoms with van der Waals surface area (Å²) >= 11 is 0. The Morgan fingerprint density at radius 2 is 2.06 bits per heavy atom. The molecular formula is C29H42NO5+. The number of ether oxygens (including phenoxy) is 2. The summed E-state index contributed by atoms with van der Waals surface area (Å²) in [6.45, 7) is 5.13. The molecule has 0 bridgehead atoms. The van der Waals surface area contributed by atoms with Crippen LogP contribution in [0.2, 0.25) is 0 Å². The van der Waals surface area contributed by atoms with Gasteiger partial charge in [0.2, 0.25) is 0 Å². The maximum atomic E-state index is 10.3. The quantitative estimate of drug-likeness (QED) is 0.175. The lowest BCUT2D eigenvalue weighted by Gasteiger charge is -2.19. The third-order valence-electron chi connectivity index (χ3n) is 6.75. The molecule has 6 nitrogen and oxygen atoms in total. The summed E-state index contributed by atoms with van der Waals surface area (Å²) < 4.78 is 10.7. The molecule has 0 aromatic heterocycles. The number of hydrogen-bond acceptors (Lipinski definition) is 5. The molecule has 0 radical (unpaired) electrons. The van der Waals surface area contributed by atoms with Crippen LogP contribution >= 0.6 is 0 Å². The number of allylic oxidation sites excluding steroid dienone is 1. The van der Waals surface area contributed by atoms with Crippen molar-refractivity contribution in [2.75, 3.05) is 19.8 Å². The summed E-state index contributed by atoms with van der Waals surface area (Å²) in [7, 11) is 0. The Labute approximate surface area is 210 Å². The summed E-state index contributed by atoms with van der Waals surface area (Å²) in [6, 6.07) is 5.52. The van der Waals surface area contributed by atoms with E-state index in [4.69, 9.17) is 14.6 Å². The zero-order chi connectivity index (χ0) is 25.0. The van der Waals surface area contributed by atoms with Gasteiger partial charge >= 0.3 is 0 Å². The summed E-state index contributed by atoms with van der Waals surface area (Å²) in [4.78, 5) is 4.52. The van der Waals surface area contributed by atoms with Gasteiger partial charge in [-0.15, -0.1) is 16.6 Å². The number of aryl methyl sites for hydroxylation is 1. The second-order valence-corrected chi connectivity index (χ2v) is 9.57. The van der Waals surface area contributed by atoms with Gasteiger partial charge in [-0.1, -0.05) is 19.4 Å². The first-order valence-corrected chi connectivity index (χ1v) is 13.1. The predicted molar refractivity (Wildman–Crippen MR) is 140 cm³/mol. The number of phenolic OH excluding ortho intramolecular Hbond substituents is 1. The van der Waals surface area contributed by atoms with Crippen molar-refractivity contribution in [3.05, 3.63) is 59.2 Å². The number of rotatable bonds is 16. The summed E-state index contributed by atoms with van der Waals surface area (Å²) in [5.74, 6) is 2.29. The van der Waals surface area contributed by atoms with Crippen molar-refractivity contribution in [2.24, 2.45) is 10.9 Å². The minimum atomic E-state index is 0.0704. The molecule has 3 rings (SSSR count). The van der Waals surface area contributed by atoms with Gasteiger partial charge in [0.25, 0.3) is 0 Å². The van der Waals surface area contributed by atoms with Gasteiger partial charge in [-0.2, -0.15) is 0 Å². The van der Waals surface area contributed by atoms with E-state index in [1.807, 2.05) is 24.4 Å². The molecule has 2 aliphatic rings. The molecule has 6 heteroatoms. The molecule has 2 heterocycles. The lowest BCUT2D eigenvalue weighted by atomic mass is 9.90. The fourth-order valence-electron chi connectivity index (χ4n) is 4.49. The molecular weight excluding hydrogens is 442 g/mol. The first-order chi connectivity index (χ1) is 17.0. The van der Waals surface area contributed by atoms with E-state index in [0.29, 0.717) is 24.7 Å². The Morgan fingerprint density at radius 3 is 2.83 bits per heavy atom. The van der Waals surface area contributed by atoms with Crippen molar-refractivity contribution in [3.8, 4) is 11.5 Å². The Balaban J connectivity index is 1.45. The number of aliphatic hydroxyl groups is 4. The number of hydrogen-bond donors (Lipinski definition) is 3. The zero-order valence-corrected chi connectivity index (χ0v) is 21.2. The standard InChI is InChI=1S/C29H41NO5/c1-3-4-8-28-24(20-32)18-26(35-28)11-9-22-10-12-27(33)29(16-22)34-15-13-25-17-23(19-30-25)21(2)7-5-6-14-31/h10,12,16-19,21,28,31-32,35H,3-9,11,13-15,20H2,1-2H3/p+1. The highest BCUT2D eigenvalue weighted by Crippen LogP contribution is 2.32. The molecule has 0 saturated heterocycles. The minimum Gasteiger partial charge on any atom is -0.504 e. The second kappa shape index (κ2) is 14.2. The second-order valence-electron chi connectivity index (χ2n) is 9.57. The van der Waals surface area contributed by atoms with Crippen LogP contribution in [0.15, 0.2) is 46.6 Å². The molecule has 2 unspecified atom stereocenters. The average molecular weight is 485 g/mol. The van der Waals surface area contributed by atoms with Crippen molar-refractivity contribution in [1.82, 2.24) is 0 Å². The largest absolute Gasteiger partial charge is 0.504 e. The van der Waals surface area contributed by atoms with Crippen LogP contribution in [-0.2, 0) is 6.42 Å². The molecule has 2 aliphatic heterocycles. The Kier molecular flexibility index (Phi) is 11.0. The van der Waals surface area contributed by atoms with Crippen LogP contribution in [0, 0.1) is 17.9 Å². The van der Waals surface area contributed by atoms with E-state index in [0.717, 1.165) is 74.3 Å². The van der Waals surface area contributed by atoms with E-state index >= 15 is 0 Å². The van der Waals surface area contributed by atoms with Crippen LogP contribution < -0.4 is 4.74 Å². The predicted octanol–water partition coefficient (Wildman–Crippen LogP) is 4.99. The fourth-order valence-corrected chi connectivity index (χ4v) is 4.49. The van der Waals surface area contributed by atoms with E-state index in [-0.39, 0.29) is 25.1 Å². The molecule has 2 atom stereocenters. The van der Waals surface area contributed by atoms with Gasteiger partial charge in [0.1, 0.15) is 30.9 Å². The maximum absolute atomic E-state index is 10.3. The summed E-state index contributed by atoms with van der Waals surface area (Å²) in [6.07, 6.45) is 15.7. The molecule has 192 valence electrons. The smallest absolute Gasteiger partial charge is 0.178 e. The van der Waals surface area contributed by atoms with Gasteiger partial charge < -0.3 is 24.8 Å². The van der Waals surface area contributed by atoms with Crippen molar-refractivity contribution in [1.29, 1.82) is 0 Å². The van der Waals surface area contributed by atoms with Crippen LogP contribution in [0.1, 0.15) is 70.8 Å². The van der Waals surface area contributed by atoms with Crippen molar-refractivity contribution >= 4 is 6.21 Å². The normalized spacial score (nSPS) is 18.2. The van der Waals surface area contributed by atoms with Gasteiger partial charge in [-0.05, 0) is 63.1 Å². The van der Waals surface area contributed by atoms with Crippen LogP contribution in [-0.4, -0.2) is 52.2 Å². The Hall–Kier alpha value is -2.41. The molecule has 0 spiro atoms. The number of aliphatic hydroxyl groups excluding tert-OH is 2. The van der Waals surface area contributed by atoms with Crippen LogP contribution in [0.3, 0.4) is 0 Å². The van der Waals surface area contributed by atoms with Gasteiger partial charge in [0.15, 0.2) is 17.2 Å². The van der Waals surface area contributed by atoms with Crippen LogP contribution in [0.25, 0.3) is 0 Å². The highest BCUT2D eigenvalue weighted by molar-refractivity contribution is 5.82. The number of benzene rings is 1. The van der Waals surface area contributed by atoms with Gasteiger partial charge in [0.05, 0.1) is 12.5 Å². The number of phenols is 1. The SMILES string of the molecule is CCCCC1[OH+][C-](CCc2ccc(O)c(OCCC3=C[C+](C(C)CCCCO)C=N3)c2)C=C1CO.